The van der Waals surface area contributed by atoms with E-state index in [0.29, 0.717) is 5.78 Å². The third-order valence-electron chi connectivity index (χ3n) is 7.07. The molecule has 6 rings (SSSR count). The zero-order chi connectivity index (χ0) is 17.6. The average molecular weight is 365 g/mol. The summed E-state index contributed by atoms with van der Waals surface area (Å²) in [6, 6.07) is 21.5. The van der Waals surface area contributed by atoms with Gasteiger partial charge in [0.25, 0.3) is 0 Å². The fourth-order valence-electron chi connectivity index (χ4n) is 6.31. The Labute approximate surface area is 159 Å². The lowest BCUT2D eigenvalue weighted by atomic mass is 9.48. The summed E-state index contributed by atoms with van der Waals surface area (Å²) in [5, 5.41) is 0. The van der Waals surface area contributed by atoms with Crippen molar-refractivity contribution in [2.24, 2.45) is 23.2 Å². The van der Waals surface area contributed by atoms with Crippen molar-refractivity contribution < 1.29 is 4.79 Å². The molecule has 0 aromatic heterocycles. The molecule has 0 N–H and O–H groups in total. The van der Waals surface area contributed by atoms with Crippen molar-refractivity contribution in [2.45, 2.75) is 48.3 Å². The molecule has 0 radical (unpaired) electrons. The fourth-order valence-corrected chi connectivity index (χ4v) is 8.66. The maximum absolute atomic E-state index is 13.7. The van der Waals surface area contributed by atoms with Gasteiger partial charge >= 0.3 is 0 Å². The van der Waals surface area contributed by atoms with Gasteiger partial charge in [0.1, 0.15) is 5.78 Å². The molecular weight excluding hydrogens is 336 g/mol. The van der Waals surface area contributed by atoms with Crippen LogP contribution in [-0.4, -0.2) is 11.5 Å². The van der Waals surface area contributed by atoms with Gasteiger partial charge < -0.3 is 0 Å². The van der Waals surface area contributed by atoms with Crippen LogP contribution in [0.5, 0.6) is 0 Å². The molecule has 2 heteroatoms. The highest BCUT2D eigenvalue weighted by atomic mass is 32.2. The lowest BCUT2D eigenvalue weighted by molar-refractivity contribution is -0.141. The summed E-state index contributed by atoms with van der Waals surface area (Å²) in [6.07, 6.45) is 7.76. The number of thiol groups is 1. The molecule has 0 heterocycles. The maximum atomic E-state index is 13.7. The number of rotatable bonds is 5. The van der Waals surface area contributed by atoms with E-state index in [1.165, 1.54) is 48.3 Å². The van der Waals surface area contributed by atoms with Crippen molar-refractivity contribution in [3.8, 4) is 0 Å². The maximum Gasteiger partial charge on any atom is 0.147 e. The van der Waals surface area contributed by atoms with Gasteiger partial charge in [0.05, 0.1) is 0 Å². The molecule has 4 bridgehead atoms. The van der Waals surface area contributed by atoms with Crippen molar-refractivity contribution in [1.29, 1.82) is 0 Å². The second kappa shape index (κ2) is 6.56. The summed E-state index contributed by atoms with van der Waals surface area (Å²) >= 11 is 0. The summed E-state index contributed by atoms with van der Waals surface area (Å²) in [4.78, 5) is 16.3. The Kier molecular flexibility index (Phi) is 4.20. The van der Waals surface area contributed by atoms with Crippen molar-refractivity contribution >= 4 is 16.7 Å². The molecule has 4 saturated carbocycles. The van der Waals surface area contributed by atoms with E-state index in [1.54, 1.807) is 0 Å². The zero-order valence-corrected chi connectivity index (χ0v) is 16.2. The summed E-state index contributed by atoms with van der Waals surface area (Å²) < 4.78 is 0. The SMILES string of the molecule is O=C(C[SH](c1ccccc1)c1ccccc1)C12CC3CC(CC(C3)C1)C2. The normalized spacial score (nSPS) is 32.5. The number of Topliss-reactive ketones (excluding diaryl/α,β-unsaturated/α-hetero) is 1. The van der Waals surface area contributed by atoms with Crippen molar-refractivity contribution in [2.75, 3.05) is 5.75 Å². The standard InChI is InChI=1S/C24H28OS/c25-23(24-14-18-11-19(15-24)13-20(12-18)16-24)17-26(21-7-3-1-4-8-21)22-9-5-2-6-10-22/h1-10,18-20,26H,11-17H2. The van der Waals surface area contributed by atoms with Crippen molar-refractivity contribution in [1.82, 2.24) is 0 Å². The van der Waals surface area contributed by atoms with Crippen LogP contribution in [0.2, 0.25) is 0 Å². The van der Waals surface area contributed by atoms with Crippen molar-refractivity contribution in [3.63, 3.8) is 0 Å². The largest absolute Gasteiger partial charge is 0.298 e. The van der Waals surface area contributed by atoms with Crippen LogP contribution in [0.15, 0.2) is 70.5 Å². The molecule has 0 aliphatic heterocycles. The van der Waals surface area contributed by atoms with Crippen LogP contribution < -0.4 is 0 Å². The molecule has 4 aliphatic carbocycles. The van der Waals surface area contributed by atoms with E-state index in [-0.39, 0.29) is 5.41 Å². The Morgan fingerprint density at radius 2 is 1.19 bits per heavy atom. The predicted molar refractivity (Wildman–Crippen MR) is 109 cm³/mol. The van der Waals surface area contributed by atoms with Crippen LogP contribution in [-0.2, 0) is 4.79 Å². The Hall–Kier alpha value is -1.54. The third-order valence-corrected chi connectivity index (χ3v) is 9.51. The van der Waals surface area contributed by atoms with Crippen LogP contribution in [0.3, 0.4) is 0 Å². The van der Waals surface area contributed by atoms with Gasteiger partial charge in [-0.05, 0) is 90.3 Å². The highest BCUT2D eigenvalue weighted by Gasteiger charge is 2.54. The van der Waals surface area contributed by atoms with Gasteiger partial charge in [0.15, 0.2) is 0 Å². The molecule has 136 valence electrons. The van der Waals surface area contributed by atoms with Gasteiger partial charge in [-0.25, -0.2) is 0 Å². The summed E-state index contributed by atoms with van der Waals surface area (Å²) in [5.74, 6) is 3.82. The first-order chi connectivity index (χ1) is 12.7. The van der Waals surface area contributed by atoms with Crippen LogP contribution >= 0.6 is 10.9 Å². The highest BCUT2D eigenvalue weighted by molar-refractivity contribution is 8.17. The molecule has 26 heavy (non-hydrogen) atoms. The van der Waals surface area contributed by atoms with E-state index >= 15 is 0 Å². The number of hydrogen-bond acceptors (Lipinski definition) is 1. The van der Waals surface area contributed by atoms with Crippen LogP contribution in [0.1, 0.15) is 38.5 Å². The molecular formula is C24H28OS. The Morgan fingerprint density at radius 1 is 0.769 bits per heavy atom. The fraction of sp³-hybridized carbons (Fsp3) is 0.458. The van der Waals surface area contributed by atoms with Crippen LogP contribution in [0, 0.1) is 23.2 Å². The van der Waals surface area contributed by atoms with E-state index in [1.807, 2.05) is 0 Å². The quantitative estimate of drug-likeness (QED) is 0.655. The first-order valence-electron chi connectivity index (χ1n) is 10.1. The molecule has 4 aliphatic rings. The van der Waals surface area contributed by atoms with E-state index < -0.39 is 10.9 Å². The Morgan fingerprint density at radius 3 is 1.62 bits per heavy atom. The molecule has 0 unspecified atom stereocenters. The Bertz CT molecular complexity index is 708. The van der Waals surface area contributed by atoms with E-state index in [0.717, 1.165) is 23.5 Å². The second-order valence-corrected chi connectivity index (χ2v) is 11.1. The summed E-state index contributed by atoms with van der Waals surface area (Å²) in [7, 11) is -0.592. The second-order valence-electron chi connectivity index (χ2n) is 8.88. The smallest absolute Gasteiger partial charge is 0.147 e. The first-order valence-corrected chi connectivity index (χ1v) is 11.7. The molecule has 0 amide bonds. The molecule has 4 fully saturated rings. The van der Waals surface area contributed by atoms with Crippen molar-refractivity contribution in [3.05, 3.63) is 60.7 Å². The van der Waals surface area contributed by atoms with Gasteiger partial charge in [0.2, 0.25) is 0 Å². The zero-order valence-electron chi connectivity index (χ0n) is 15.3. The minimum Gasteiger partial charge on any atom is -0.298 e. The number of benzene rings is 2. The molecule has 0 saturated heterocycles. The number of hydrogen-bond donors (Lipinski definition) is 1. The van der Waals surface area contributed by atoms with Crippen LogP contribution in [0.25, 0.3) is 0 Å². The minimum atomic E-state index is -0.592. The molecule has 0 atom stereocenters. The predicted octanol–water partition coefficient (Wildman–Crippen LogP) is 5.89. The molecule has 1 nitrogen and oxygen atoms in total. The van der Waals surface area contributed by atoms with Gasteiger partial charge in [-0.15, -0.1) is 0 Å². The minimum absolute atomic E-state index is 0.0267. The lowest BCUT2D eigenvalue weighted by Gasteiger charge is -2.56. The third kappa shape index (κ3) is 2.93. The number of carbonyl (C=O) groups is 1. The monoisotopic (exact) mass is 364 g/mol. The molecule has 2 aromatic carbocycles. The number of ketones is 1. The molecule has 2 aromatic rings. The topological polar surface area (TPSA) is 17.1 Å². The average Bonchev–Trinajstić information content (AvgIpc) is 2.66. The van der Waals surface area contributed by atoms with E-state index in [2.05, 4.69) is 60.7 Å². The Balaban J connectivity index is 1.44. The highest BCUT2D eigenvalue weighted by Crippen LogP contribution is 2.61. The van der Waals surface area contributed by atoms with Gasteiger partial charge in [-0.3, -0.25) is 4.79 Å². The van der Waals surface area contributed by atoms with Gasteiger partial charge in [-0.2, -0.15) is 10.9 Å². The lowest BCUT2D eigenvalue weighted by Crippen LogP contribution is -2.50. The van der Waals surface area contributed by atoms with Crippen LogP contribution in [0.4, 0.5) is 0 Å². The number of carbonyl (C=O) groups excluding carboxylic acids is 1. The van der Waals surface area contributed by atoms with Gasteiger partial charge in [0, 0.05) is 11.2 Å². The summed E-state index contributed by atoms with van der Waals surface area (Å²) in [6.45, 7) is 0. The summed E-state index contributed by atoms with van der Waals surface area (Å²) in [5.41, 5.74) is 0.0267. The molecule has 0 spiro atoms. The first kappa shape index (κ1) is 16.6. The van der Waals surface area contributed by atoms with Gasteiger partial charge in [-0.1, -0.05) is 36.4 Å². The van der Waals surface area contributed by atoms with E-state index in [9.17, 15) is 4.79 Å². The van der Waals surface area contributed by atoms with E-state index in [4.69, 9.17) is 0 Å².